The standard InChI is InChI=1S/C12H19NO13S/c14-2-4(13-27(22,23)24)8(18)10(6(17)3-15)26-12-9(19)5(16)1-7(25-12)11(20)21/h1-2,4-6,8-10,12-13,15-19H,3H2,(H,20,21)(H,22,23,24). The summed E-state index contributed by atoms with van der Waals surface area (Å²) in [7, 11) is -4.97. The molecule has 0 saturated carbocycles. The van der Waals surface area contributed by atoms with E-state index in [1.807, 2.05) is 0 Å². The summed E-state index contributed by atoms with van der Waals surface area (Å²) in [4.78, 5) is 21.9. The molecule has 0 bridgehead atoms. The molecule has 0 aromatic heterocycles. The number of rotatable bonds is 10. The number of hydrogen-bond acceptors (Lipinski definition) is 11. The molecule has 8 N–H and O–H groups in total. The van der Waals surface area contributed by atoms with Crippen molar-refractivity contribution >= 4 is 22.6 Å². The first-order valence-corrected chi connectivity index (χ1v) is 8.65. The molecule has 15 heteroatoms. The Morgan fingerprint density at radius 2 is 1.96 bits per heavy atom. The summed E-state index contributed by atoms with van der Waals surface area (Å²) in [5.74, 6) is -2.49. The van der Waals surface area contributed by atoms with Crippen molar-refractivity contribution in [3.63, 3.8) is 0 Å². The van der Waals surface area contributed by atoms with Crippen molar-refractivity contribution in [3.05, 3.63) is 11.8 Å². The number of carbonyl (C=O) groups is 2. The zero-order valence-electron chi connectivity index (χ0n) is 13.4. The van der Waals surface area contributed by atoms with E-state index in [-0.39, 0.29) is 6.29 Å². The molecule has 7 atom stereocenters. The topological polar surface area (TPSA) is 240 Å². The monoisotopic (exact) mass is 417 g/mol. The van der Waals surface area contributed by atoms with Gasteiger partial charge >= 0.3 is 16.3 Å². The first kappa shape index (κ1) is 23.3. The third kappa shape index (κ3) is 6.45. The Kier molecular flexibility index (Phi) is 8.21. The molecule has 1 heterocycles. The number of hydrogen-bond donors (Lipinski definition) is 8. The minimum absolute atomic E-state index is 0.158. The van der Waals surface area contributed by atoms with E-state index in [1.165, 1.54) is 4.72 Å². The van der Waals surface area contributed by atoms with Crippen molar-refractivity contribution in [2.75, 3.05) is 6.61 Å². The van der Waals surface area contributed by atoms with Gasteiger partial charge in [0.1, 0.15) is 42.8 Å². The molecule has 156 valence electrons. The third-order valence-electron chi connectivity index (χ3n) is 3.40. The van der Waals surface area contributed by atoms with Crippen molar-refractivity contribution in [2.45, 2.75) is 42.9 Å². The van der Waals surface area contributed by atoms with Crippen LogP contribution in [-0.4, -0.2) is 105 Å². The summed E-state index contributed by atoms with van der Waals surface area (Å²) in [6.45, 7) is -1.08. The summed E-state index contributed by atoms with van der Waals surface area (Å²) in [6.07, 6.45) is -11.4. The molecule has 1 aliphatic rings. The fraction of sp³-hybridized carbons (Fsp3) is 0.667. The maximum Gasteiger partial charge on any atom is 0.371 e. The molecule has 1 rings (SSSR count). The highest BCUT2D eigenvalue weighted by Gasteiger charge is 2.42. The van der Waals surface area contributed by atoms with E-state index in [1.54, 1.807) is 0 Å². The van der Waals surface area contributed by atoms with Gasteiger partial charge in [0.15, 0.2) is 0 Å². The van der Waals surface area contributed by atoms with E-state index < -0.39 is 71.5 Å². The molecule has 14 nitrogen and oxygen atoms in total. The van der Waals surface area contributed by atoms with Gasteiger partial charge in [-0.15, -0.1) is 0 Å². The number of aliphatic carboxylic acids is 1. The highest BCUT2D eigenvalue weighted by molar-refractivity contribution is 7.83. The Balaban J connectivity index is 3.08. The number of nitrogens with one attached hydrogen (secondary N) is 1. The second-order valence-corrected chi connectivity index (χ2v) is 6.59. The van der Waals surface area contributed by atoms with Gasteiger partial charge in [-0.05, 0) is 6.08 Å². The van der Waals surface area contributed by atoms with Crippen LogP contribution in [0.4, 0.5) is 0 Å². The van der Waals surface area contributed by atoms with Crippen molar-refractivity contribution in [1.29, 1.82) is 0 Å². The maximum atomic E-state index is 11.0. The molecular formula is C12H19NO13S. The van der Waals surface area contributed by atoms with Gasteiger partial charge in [-0.2, -0.15) is 13.1 Å². The normalized spacial score (nSPS) is 27.6. The van der Waals surface area contributed by atoms with Crippen molar-refractivity contribution in [3.8, 4) is 0 Å². The average Bonchev–Trinajstić information content (AvgIpc) is 2.58. The molecule has 0 aromatic rings. The van der Waals surface area contributed by atoms with Crippen LogP contribution in [0.1, 0.15) is 0 Å². The van der Waals surface area contributed by atoms with Crippen molar-refractivity contribution < 1.29 is 62.7 Å². The molecule has 0 aromatic carbocycles. The van der Waals surface area contributed by atoms with Crippen molar-refractivity contribution in [2.24, 2.45) is 0 Å². The maximum absolute atomic E-state index is 11.0. The Morgan fingerprint density at radius 3 is 2.41 bits per heavy atom. The number of aliphatic hydroxyl groups is 5. The number of carboxylic acids is 1. The second kappa shape index (κ2) is 9.49. The Bertz CT molecular complexity index is 664. The van der Waals surface area contributed by atoms with Gasteiger partial charge in [0.2, 0.25) is 12.0 Å². The van der Waals surface area contributed by atoms with E-state index in [4.69, 9.17) is 24.2 Å². The summed E-state index contributed by atoms with van der Waals surface area (Å²) in [5.41, 5.74) is 0. The molecule has 0 amide bonds. The van der Waals surface area contributed by atoms with E-state index in [9.17, 15) is 38.4 Å². The number of ether oxygens (including phenoxy) is 2. The molecule has 7 unspecified atom stereocenters. The van der Waals surface area contributed by atoms with Gasteiger partial charge in [0, 0.05) is 0 Å². The van der Waals surface area contributed by atoms with Gasteiger partial charge < -0.3 is 44.9 Å². The molecule has 0 radical (unpaired) electrons. The number of carbonyl (C=O) groups excluding carboxylic acids is 1. The minimum Gasteiger partial charge on any atom is -0.475 e. The van der Waals surface area contributed by atoms with Crippen LogP contribution in [-0.2, 0) is 29.4 Å². The number of aldehydes is 1. The van der Waals surface area contributed by atoms with Gasteiger partial charge in [-0.1, -0.05) is 0 Å². The lowest BCUT2D eigenvalue weighted by atomic mass is 10.0. The van der Waals surface area contributed by atoms with Crippen LogP contribution in [0.5, 0.6) is 0 Å². The highest BCUT2D eigenvalue weighted by atomic mass is 32.2. The largest absolute Gasteiger partial charge is 0.475 e. The zero-order valence-corrected chi connectivity index (χ0v) is 14.2. The Labute approximate surface area is 152 Å². The van der Waals surface area contributed by atoms with E-state index >= 15 is 0 Å². The number of aliphatic hydroxyl groups excluding tert-OH is 5. The lowest BCUT2D eigenvalue weighted by Gasteiger charge is -2.36. The van der Waals surface area contributed by atoms with Crippen LogP contribution in [0.25, 0.3) is 0 Å². The van der Waals surface area contributed by atoms with Crippen molar-refractivity contribution in [1.82, 2.24) is 4.72 Å². The van der Waals surface area contributed by atoms with Crippen LogP contribution < -0.4 is 4.72 Å². The number of carboxylic acid groups (broad SMARTS) is 1. The van der Waals surface area contributed by atoms with Crippen LogP contribution >= 0.6 is 0 Å². The van der Waals surface area contributed by atoms with E-state index in [2.05, 4.69) is 0 Å². The first-order chi connectivity index (χ1) is 12.4. The summed E-state index contributed by atoms with van der Waals surface area (Å²) >= 11 is 0. The van der Waals surface area contributed by atoms with Crippen LogP contribution in [0.2, 0.25) is 0 Å². The molecule has 0 aliphatic carbocycles. The summed E-state index contributed by atoms with van der Waals surface area (Å²) < 4.78 is 41.4. The van der Waals surface area contributed by atoms with Crippen LogP contribution in [0, 0.1) is 0 Å². The first-order valence-electron chi connectivity index (χ1n) is 7.21. The second-order valence-electron chi connectivity index (χ2n) is 5.40. The fourth-order valence-corrected chi connectivity index (χ4v) is 2.63. The fourth-order valence-electron chi connectivity index (χ4n) is 2.09. The average molecular weight is 417 g/mol. The van der Waals surface area contributed by atoms with Crippen LogP contribution in [0.3, 0.4) is 0 Å². The molecule has 0 saturated heterocycles. The lowest BCUT2D eigenvalue weighted by Crippen LogP contribution is -2.57. The Hall–Kier alpha value is -1.69. The summed E-state index contributed by atoms with van der Waals surface area (Å²) in [5, 5.41) is 57.2. The quantitative estimate of drug-likeness (QED) is 0.123. The molecule has 27 heavy (non-hydrogen) atoms. The molecular weight excluding hydrogens is 398 g/mol. The molecule has 0 spiro atoms. The Morgan fingerprint density at radius 1 is 1.37 bits per heavy atom. The van der Waals surface area contributed by atoms with Gasteiger partial charge in [-0.3, -0.25) is 4.55 Å². The molecule has 1 aliphatic heterocycles. The zero-order chi connectivity index (χ0) is 20.9. The van der Waals surface area contributed by atoms with E-state index in [0.717, 1.165) is 0 Å². The third-order valence-corrected chi connectivity index (χ3v) is 3.97. The smallest absolute Gasteiger partial charge is 0.371 e. The lowest BCUT2D eigenvalue weighted by molar-refractivity contribution is -0.255. The van der Waals surface area contributed by atoms with Gasteiger partial charge in [0.05, 0.1) is 6.61 Å². The minimum atomic E-state index is -4.97. The van der Waals surface area contributed by atoms with Gasteiger partial charge in [-0.25, -0.2) is 4.79 Å². The predicted molar refractivity (Wildman–Crippen MR) is 81.1 cm³/mol. The SMILES string of the molecule is O=CC(NS(=O)(=O)O)C(O)C(OC1OC(C(=O)O)=CC(O)C1O)C(O)CO. The molecule has 0 fully saturated rings. The summed E-state index contributed by atoms with van der Waals surface area (Å²) in [6, 6.07) is -2.06. The highest BCUT2D eigenvalue weighted by Crippen LogP contribution is 2.23. The van der Waals surface area contributed by atoms with E-state index in [0.29, 0.717) is 6.08 Å². The predicted octanol–water partition coefficient (Wildman–Crippen LogP) is -4.91. The van der Waals surface area contributed by atoms with Crippen LogP contribution in [0.15, 0.2) is 11.8 Å². The van der Waals surface area contributed by atoms with Gasteiger partial charge in [0.25, 0.3) is 0 Å².